The molecule has 25 heavy (non-hydrogen) atoms. The third-order valence-electron chi connectivity index (χ3n) is 4.18. The first-order chi connectivity index (χ1) is 12.0. The van der Waals surface area contributed by atoms with Crippen LogP contribution in [0.15, 0.2) is 42.7 Å². The summed E-state index contributed by atoms with van der Waals surface area (Å²) >= 11 is 0. The molecule has 0 saturated carbocycles. The summed E-state index contributed by atoms with van der Waals surface area (Å²) in [4.78, 5) is 9.23. The predicted octanol–water partition coefficient (Wildman–Crippen LogP) is 2.83. The minimum absolute atomic E-state index is 0.0516. The summed E-state index contributed by atoms with van der Waals surface area (Å²) in [6.07, 6.45) is -2.50. The van der Waals surface area contributed by atoms with Gasteiger partial charge >= 0.3 is 6.18 Å². The molecule has 1 aromatic carbocycles. The molecule has 3 heterocycles. The molecule has 0 bridgehead atoms. The van der Waals surface area contributed by atoms with Gasteiger partial charge in [0.05, 0.1) is 0 Å². The van der Waals surface area contributed by atoms with Crippen LogP contribution < -0.4 is 10.2 Å². The fourth-order valence-electron chi connectivity index (χ4n) is 3.02. The summed E-state index contributed by atoms with van der Waals surface area (Å²) in [6.45, 7) is 1.20. The number of aromatic nitrogens is 4. The maximum atomic E-state index is 13.1. The van der Waals surface area contributed by atoms with Crippen LogP contribution in [-0.4, -0.2) is 38.7 Å². The van der Waals surface area contributed by atoms with E-state index < -0.39 is 11.9 Å². The van der Waals surface area contributed by atoms with E-state index in [-0.39, 0.29) is 11.8 Å². The maximum absolute atomic E-state index is 13.1. The van der Waals surface area contributed by atoms with Gasteiger partial charge < -0.3 is 10.2 Å². The lowest BCUT2D eigenvalue weighted by Crippen LogP contribution is -2.28. The van der Waals surface area contributed by atoms with Crippen LogP contribution in [0.3, 0.4) is 0 Å². The van der Waals surface area contributed by atoms with E-state index in [4.69, 9.17) is 0 Å². The molecule has 1 fully saturated rings. The fourth-order valence-corrected chi connectivity index (χ4v) is 3.02. The van der Waals surface area contributed by atoms with Crippen LogP contribution in [0.4, 0.5) is 24.7 Å². The SMILES string of the molecule is FC(F)(F)c1cc(N2CCC(Nc3ccccc3)C2)n2ncnc2n1. The second kappa shape index (κ2) is 5.91. The zero-order chi connectivity index (χ0) is 17.4. The Labute approximate surface area is 141 Å². The van der Waals surface area contributed by atoms with Gasteiger partial charge in [-0.05, 0) is 18.6 Å². The Hall–Kier alpha value is -2.84. The average molecular weight is 348 g/mol. The highest BCUT2D eigenvalue weighted by Crippen LogP contribution is 2.31. The van der Waals surface area contributed by atoms with Crippen LogP contribution in [0.2, 0.25) is 0 Å². The summed E-state index contributed by atoms with van der Waals surface area (Å²) in [6, 6.07) is 10.9. The smallest absolute Gasteiger partial charge is 0.380 e. The number of halogens is 3. The molecule has 9 heteroatoms. The number of fused-ring (bicyclic) bond motifs is 1. The van der Waals surface area contributed by atoms with Gasteiger partial charge in [-0.15, -0.1) is 0 Å². The molecule has 0 radical (unpaired) electrons. The third-order valence-corrected chi connectivity index (χ3v) is 4.18. The van der Waals surface area contributed by atoms with Gasteiger partial charge in [0.2, 0.25) is 0 Å². The first-order valence-electron chi connectivity index (χ1n) is 7.85. The van der Waals surface area contributed by atoms with E-state index in [1.165, 1.54) is 10.8 Å². The lowest BCUT2D eigenvalue weighted by Gasteiger charge is -2.21. The Balaban J connectivity index is 1.61. The summed E-state index contributed by atoms with van der Waals surface area (Å²) in [5.74, 6) is 0.302. The van der Waals surface area contributed by atoms with Crippen molar-refractivity contribution in [2.24, 2.45) is 0 Å². The van der Waals surface area contributed by atoms with Crippen LogP contribution in [0.25, 0.3) is 5.78 Å². The van der Waals surface area contributed by atoms with E-state index in [0.717, 1.165) is 18.2 Å². The van der Waals surface area contributed by atoms with E-state index in [2.05, 4.69) is 20.4 Å². The molecule has 0 spiro atoms. The van der Waals surface area contributed by atoms with Gasteiger partial charge in [0, 0.05) is 30.9 Å². The van der Waals surface area contributed by atoms with Crippen molar-refractivity contribution in [2.45, 2.75) is 18.6 Å². The molecule has 6 nitrogen and oxygen atoms in total. The molecule has 1 saturated heterocycles. The summed E-state index contributed by atoms with van der Waals surface area (Å²) in [5.41, 5.74) is 0.0356. The molecule has 1 aliphatic heterocycles. The van der Waals surface area contributed by atoms with Crippen molar-refractivity contribution in [3.63, 3.8) is 0 Å². The fraction of sp³-hybridized carbons (Fsp3) is 0.312. The van der Waals surface area contributed by atoms with Gasteiger partial charge in [-0.25, -0.2) is 4.98 Å². The molecule has 2 aromatic heterocycles. The molecule has 1 aliphatic rings. The zero-order valence-electron chi connectivity index (χ0n) is 13.1. The number of hydrogen-bond acceptors (Lipinski definition) is 5. The highest BCUT2D eigenvalue weighted by Gasteiger charge is 2.35. The summed E-state index contributed by atoms with van der Waals surface area (Å²) in [5, 5.41) is 7.41. The Kier molecular flexibility index (Phi) is 3.70. The molecular formula is C16H15F3N6. The zero-order valence-corrected chi connectivity index (χ0v) is 13.1. The van der Waals surface area contributed by atoms with Gasteiger partial charge in [-0.2, -0.15) is 27.8 Å². The molecule has 1 unspecified atom stereocenters. The van der Waals surface area contributed by atoms with E-state index in [0.29, 0.717) is 18.9 Å². The van der Waals surface area contributed by atoms with Crippen LogP contribution in [0, 0.1) is 0 Å². The lowest BCUT2D eigenvalue weighted by atomic mass is 10.2. The van der Waals surface area contributed by atoms with Crippen molar-refractivity contribution in [3.8, 4) is 0 Å². The van der Waals surface area contributed by atoms with Crippen molar-refractivity contribution >= 4 is 17.3 Å². The summed E-state index contributed by atoms with van der Waals surface area (Å²) in [7, 11) is 0. The third kappa shape index (κ3) is 3.09. The molecule has 1 atom stereocenters. The van der Waals surface area contributed by atoms with Crippen molar-refractivity contribution < 1.29 is 13.2 Å². The van der Waals surface area contributed by atoms with Crippen LogP contribution in [0.1, 0.15) is 12.1 Å². The maximum Gasteiger partial charge on any atom is 0.433 e. The molecule has 3 aromatic rings. The minimum Gasteiger partial charge on any atom is -0.380 e. The molecule has 4 rings (SSSR count). The van der Waals surface area contributed by atoms with Gasteiger partial charge in [0.25, 0.3) is 5.78 Å². The quantitative estimate of drug-likeness (QED) is 0.789. The van der Waals surface area contributed by atoms with Gasteiger partial charge in [0.15, 0.2) is 5.69 Å². The monoisotopic (exact) mass is 348 g/mol. The number of para-hydroxylation sites is 1. The van der Waals surface area contributed by atoms with Crippen molar-refractivity contribution in [1.29, 1.82) is 0 Å². The van der Waals surface area contributed by atoms with Crippen LogP contribution in [0.5, 0.6) is 0 Å². The van der Waals surface area contributed by atoms with E-state index in [1.807, 2.05) is 35.2 Å². The minimum atomic E-state index is -4.52. The van der Waals surface area contributed by atoms with Gasteiger partial charge in [-0.3, -0.25) is 0 Å². The second-order valence-electron chi connectivity index (χ2n) is 5.91. The highest BCUT2D eigenvalue weighted by molar-refractivity contribution is 5.50. The van der Waals surface area contributed by atoms with Gasteiger partial charge in [0.1, 0.15) is 12.1 Å². The van der Waals surface area contributed by atoms with Crippen LogP contribution in [-0.2, 0) is 6.18 Å². The number of benzene rings is 1. The number of hydrogen-bond donors (Lipinski definition) is 1. The average Bonchev–Trinajstić information content (AvgIpc) is 3.23. The molecule has 1 N–H and O–H groups in total. The predicted molar refractivity (Wildman–Crippen MR) is 86.5 cm³/mol. The molecule has 0 aliphatic carbocycles. The normalized spacial score (nSPS) is 18.0. The molecule has 130 valence electrons. The first kappa shape index (κ1) is 15.7. The Morgan fingerprint density at radius 1 is 1.16 bits per heavy atom. The standard InChI is InChI=1S/C16H15F3N6/c17-16(18,19)13-8-14(25-15(23-13)20-10-21-25)24-7-6-12(9-24)22-11-4-2-1-3-5-11/h1-5,8,10,12,22H,6-7,9H2. The lowest BCUT2D eigenvalue weighted by molar-refractivity contribution is -0.141. The van der Waals surface area contributed by atoms with Crippen molar-refractivity contribution in [1.82, 2.24) is 19.6 Å². The number of rotatable bonds is 3. The molecule has 0 amide bonds. The Bertz CT molecular complexity index is 876. The van der Waals surface area contributed by atoms with Crippen molar-refractivity contribution in [2.75, 3.05) is 23.3 Å². The van der Waals surface area contributed by atoms with Crippen LogP contribution >= 0.6 is 0 Å². The number of anilines is 2. The summed E-state index contributed by atoms with van der Waals surface area (Å²) < 4.78 is 40.7. The van der Waals surface area contributed by atoms with E-state index in [1.54, 1.807) is 0 Å². The Morgan fingerprint density at radius 3 is 2.72 bits per heavy atom. The highest BCUT2D eigenvalue weighted by atomic mass is 19.4. The number of nitrogens with zero attached hydrogens (tertiary/aromatic N) is 5. The molecular weight excluding hydrogens is 333 g/mol. The van der Waals surface area contributed by atoms with E-state index in [9.17, 15) is 13.2 Å². The first-order valence-corrected chi connectivity index (χ1v) is 7.85. The van der Waals surface area contributed by atoms with Crippen molar-refractivity contribution in [3.05, 3.63) is 48.4 Å². The van der Waals surface area contributed by atoms with E-state index >= 15 is 0 Å². The number of alkyl halides is 3. The van der Waals surface area contributed by atoms with Gasteiger partial charge in [-0.1, -0.05) is 18.2 Å². The largest absolute Gasteiger partial charge is 0.433 e. The second-order valence-corrected chi connectivity index (χ2v) is 5.91. The number of nitrogens with one attached hydrogen (secondary N) is 1. The Morgan fingerprint density at radius 2 is 1.96 bits per heavy atom. The topological polar surface area (TPSA) is 58.4 Å².